The second-order valence-corrected chi connectivity index (χ2v) is 11.0. The molecule has 0 aliphatic carbocycles. The summed E-state index contributed by atoms with van der Waals surface area (Å²) < 4.78 is 15.9. The van der Waals surface area contributed by atoms with Crippen molar-refractivity contribution in [3.05, 3.63) is 73.9 Å². The number of thiophene rings is 1. The third-order valence-electron chi connectivity index (χ3n) is 5.97. The van der Waals surface area contributed by atoms with E-state index in [-0.39, 0.29) is 25.6 Å². The fraction of sp³-hybridized carbons (Fsp3) is 0.357. The van der Waals surface area contributed by atoms with E-state index in [9.17, 15) is 9.59 Å². The van der Waals surface area contributed by atoms with Gasteiger partial charge in [-0.1, -0.05) is 29.3 Å². The Labute approximate surface area is 243 Å². The van der Waals surface area contributed by atoms with E-state index in [0.29, 0.717) is 46.7 Å². The summed E-state index contributed by atoms with van der Waals surface area (Å²) in [6.45, 7) is 3.28. The van der Waals surface area contributed by atoms with Crippen molar-refractivity contribution in [2.45, 2.75) is 19.9 Å². The zero-order chi connectivity index (χ0) is 28.4. The van der Waals surface area contributed by atoms with Gasteiger partial charge in [0.2, 0.25) is 5.91 Å². The average molecular weight is 595 g/mol. The second-order valence-electron chi connectivity index (χ2n) is 8.74. The van der Waals surface area contributed by atoms with Crippen LogP contribution in [0.15, 0.2) is 48.5 Å². The van der Waals surface area contributed by atoms with Crippen LogP contribution in [0.2, 0.25) is 10.0 Å². The third kappa shape index (κ3) is 9.03. The molecule has 1 N–H and O–H groups in total. The zero-order valence-corrected chi connectivity index (χ0v) is 24.8. The number of methoxy groups -OCH3 is 3. The van der Waals surface area contributed by atoms with Crippen molar-refractivity contribution >= 4 is 52.2 Å². The van der Waals surface area contributed by atoms with E-state index in [1.54, 1.807) is 55.8 Å². The number of carbonyl (C=O) groups excluding carboxylic acids is 2. The molecule has 0 atom stereocenters. The Morgan fingerprint density at radius 3 is 2.33 bits per heavy atom. The summed E-state index contributed by atoms with van der Waals surface area (Å²) >= 11 is 13.9. The molecule has 0 aliphatic heterocycles. The molecule has 2 aromatic carbocycles. The van der Waals surface area contributed by atoms with Crippen LogP contribution in [0.1, 0.15) is 15.3 Å². The number of aryl methyl sites for hydroxylation is 1. The lowest BCUT2D eigenvalue weighted by atomic mass is 10.1. The molecule has 8 nitrogen and oxygen atoms in total. The molecule has 1 aromatic heterocycles. The minimum Gasteiger partial charge on any atom is -0.493 e. The number of anilines is 1. The zero-order valence-electron chi connectivity index (χ0n) is 22.5. The lowest BCUT2D eigenvalue weighted by molar-refractivity contribution is -0.132. The Morgan fingerprint density at radius 1 is 0.923 bits per heavy atom. The van der Waals surface area contributed by atoms with E-state index in [1.807, 2.05) is 37.3 Å². The van der Waals surface area contributed by atoms with Crippen molar-refractivity contribution in [2.75, 3.05) is 52.9 Å². The van der Waals surface area contributed by atoms with Crippen molar-refractivity contribution < 1.29 is 23.8 Å². The maximum atomic E-state index is 13.6. The fourth-order valence-electron chi connectivity index (χ4n) is 3.85. The van der Waals surface area contributed by atoms with E-state index >= 15 is 0 Å². The number of carbonyl (C=O) groups is 2. The van der Waals surface area contributed by atoms with Gasteiger partial charge in [0.25, 0.3) is 0 Å². The van der Waals surface area contributed by atoms with Crippen LogP contribution in [-0.4, -0.2) is 69.3 Å². The Morgan fingerprint density at radius 2 is 1.69 bits per heavy atom. The van der Waals surface area contributed by atoms with Gasteiger partial charge in [-0.2, -0.15) is 0 Å². The van der Waals surface area contributed by atoms with Gasteiger partial charge in [0, 0.05) is 35.0 Å². The third-order valence-corrected chi connectivity index (χ3v) is 7.50. The highest BCUT2D eigenvalue weighted by Gasteiger charge is 2.23. The van der Waals surface area contributed by atoms with E-state index < -0.39 is 6.03 Å². The van der Waals surface area contributed by atoms with Crippen molar-refractivity contribution in [1.29, 1.82) is 0 Å². The Kier molecular flexibility index (Phi) is 11.7. The molecule has 0 saturated heterocycles. The molecule has 39 heavy (non-hydrogen) atoms. The molecule has 3 rings (SSSR count). The van der Waals surface area contributed by atoms with Crippen LogP contribution in [0.5, 0.6) is 11.5 Å². The Hall–Kier alpha value is -2.98. The van der Waals surface area contributed by atoms with E-state index in [4.69, 9.17) is 37.4 Å². The quantitative estimate of drug-likeness (QED) is 0.258. The average Bonchev–Trinajstić information content (AvgIpc) is 3.34. The first kappa shape index (κ1) is 30.6. The fourth-order valence-corrected chi connectivity index (χ4v) is 5.21. The topological polar surface area (TPSA) is 80.3 Å². The van der Waals surface area contributed by atoms with E-state index in [1.165, 1.54) is 9.78 Å². The Bertz CT molecular complexity index is 1270. The minimum atomic E-state index is -0.462. The van der Waals surface area contributed by atoms with Crippen LogP contribution >= 0.6 is 34.5 Å². The molecule has 1 heterocycles. The number of benzene rings is 2. The van der Waals surface area contributed by atoms with Gasteiger partial charge in [-0.3, -0.25) is 4.79 Å². The van der Waals surface area contributed by atoms with Gasteiger partial charge in [-0.15, -0.1) is 11.3 Å². The first-order chi connectivity index (χ1) is 18.7. The maximum Gasteiger partial charge on any atom is 0.322 e. The predicted molar refractivity (Wildman–Crippen MR) is 157 cm³/mol. The molecule has 3 amide bonds. The summed E-state index contributed by atoms with van der Waals surface area (Å²) in [5.74, 6) is 1.09. The molecule has 0 bridgehead atoms. The van der Waals surface area contributed by atoms with Crippen LogP contribution in [0, 0.1) is 6.92 Å². The monoisotopic (exact) mass is 593 g/mol. The van der Waals surface area contributed by atoms with Crippen molar-refractivity contribution in [3.63, 3.8) is 0 Å². The van der Waals surface area contributed by atoms with Crippen LogP contribution < -0.4 is 14.8 Å². The highest BCUT2D eigenvalue weighted by Crippen LogP contribution is 2.28. The van der Waals surface area contributed by atoms with Gasteiger partial charge >= 0.3 is 6.03 Å². The molecule has 0 radical (unpaired) electrons. The van der Waals surface area contributed by atoms with Gasteiger partial charge in [-0.25, -0.2) is 4.79 Å². The highest BCUT2D eigenvalue weighted by atomic mass is 35.5. The summed E-state index contributed by atoms with van der Waals surface area (Å²) in [5, 5.41) is 3.53. The maximum absolute atomic E-state index is 13.6. The van der Waals surface area contributed by atoms with Gasteiger partial charge in [0.05, 0.1) is 38.1 Å². The molecular weight excluding hydrogens is 561 g/mol. The van der Waals surface area contributed by atoms with Crippen molar-refractivity contribution in [3.8, 4) is 11.5 Å². The number of halogens is 2. The number of rotatable bonds is 13. The first-order valence-electron chi connectivity index (χ1n) is 12.3. The molecule has 11 heteroatoms. The van der Waals surface area contributed by atoms with Gasteiger partial charge in [0.1, 0.15) is 6.54 Å². The second kappa shape index (κ2) is 15.0. The van der Waals surface area contributed by atoms with Crippen molar-refractivity contribution in [2.24, 2.45) is 0 Å². The summed E-state index contributed by atoms with van der Waals surface area (Å²) in [6.07, 6.45) is 0.598. The summed E-state index contributed by atoms with van der Waals surface area (Å²) in [5.41, 5.74) is 1.40. The number of amides is 3. The number of hydrogen-bond donors (Lipinski definition) is 1. The number of nitrogens with one attached hydrogen (secondary N) is 1. The molecule has 0 aliphatic rings. The van der Waals surface area contributed by atoms with Gasteiger partial charge < -0.3 is 29.3 Å². The normalized spacial score (nSPS) is 10.7. The largest absolute Gasteiger partial charge is 0.493 e. The first-order valence-corrected chi connectivity index (χ1v) is 13.8. The van der Waals surface area contributed by atoms with E-state index in [2.05, 4.69) is 5.32 Å². The SMILES string of the molecule is COCCN(CC(=O)N(CCc1ccc(OC)c(OC)c1)Cc1ccc(C)s1)C(=O)Nc1ccc(Cl)cc1Cl. The number of ether oxygens (including phenoxy) is 3. The molecule has 0 fully saturated rings. The predicted octanol–water partition coefficient (Wildman–Crippen LogP) is 6.13. The molecule has 0 unspecified atom stereocenters. The number of urea groups is 1. The standard InChI is InChI=1S/C28H33Cl2N3O5S/c1-19-5-8-22(39-19)17-32(12-11-20-6-10-25(37-3)26(15-20)38-4)27(34)18-33(13-14-36-2)28(35)31-24-9-7-21(29)16-23(24)30/h5-10,15-16H,11-14,17-18H2,1-4H3,(H,31,35). The molecule has 0 saturated carbocycles. The highest BCUT2D eigenvalue weighted by molar-refractivity contribution is 7.11. The summed E-state index contributed by atoms with van der Waals surface area (Å²) in [7, 11) is 4.73. The lowest BCUT2D eigenvalue weighted by Gasteiger charge is -2.28. The summed E-state index contributed by atoms with van der Waals surface area (Å²) in [6, 6.07) is 14.1. The lowest BCUT2D eigenvalue weighted by Crippen LogP contribution is -2.46. The van der Waals surface area contributed by atoms with Crippen LogP contribution in [-0.2, 0) is 22.5 Å². The van der Waals surface area contributed by atoms with Gasteiger partial charge in [-0.05, 0) is 61.4 Å². The van der Waals surface area contributed by atoms with E-state index in [0.717, 1.165) is 10.4 Å². The van der Waals surface area contributed by atoms with Gasteiger partial charge in [0.15, 0.2) is 11.5 Å². The molecule has 210 valence electrons. The molecule has 0 spiro atoms. The Balaban J connectivity index is 1.77. The van der Waals surface area contributed by atoms with Crippen LogP contribution in [0.3, 0.4) is 0 Å². The minimum absolute atomic E-state index is 0.128. The molecular formula is C28H33Cl2N3O5S. The summed E-state index contributed by atoms with van der Waals surface area (Å²) in [4.78, 5) is 32.2. The van der Waals surface area contributed by atoms with Crippen LogP contribution in [0.25, 0.3) is 0 Å². The van der Waals surface area contributed by atoms with Crippen molar-refractivity contribution in [1.82, 2.24) is 9.80 Å². The van der Waals surface area contributed by atoms with Crippen LogP contribution in [0.4, 0.5) is 10.5 Å². The smallest absolute Gasteiger partial charge is 0.322 e. The number of hydrogen-bond acceptors (Lipinski definition) is 6. The molecule has 3 aromatic rings. The number of nitrogens with zero attached hydrogens (tertiary/aromatic N) is 2.